The highest BCUT2D eigenvalue weighted by molar-refractivity contribution is 6.01. The van der Waals surface area contributed by atoms with Crippen molar-refractivity contribution in [3.63, 3.8) is 0 Å². The van der Waals surface area contributed by atoms with Crippen LogP contribution in [0.1, 0.15) is 41.4 Å². The van der Waals surface area contributed by atoms with E-state index < -0.39 is 18.0 Å². The molecule has 0 fully saturated rings. The van der Waals surface area contributed by atoms with Gasteiger partial charge in [-0.15, -0.1) is 0 Å². The summed E-state index contributed by atoms with van der Waals surface area (Å²) in [6, 6.07) is 8.76. The molecule has 1 amide bonds. The number of rotatable bonds is 1. The number of nitrogens with two attached hydrogens (primary N) is 1. The van der Waals surface area contributed by atoms with Crippen LogP contribution >= 0.6 is 0 Å². The second-order valence-corrected chi connectivity index (χ2v) is 8.43. The van der Waals surface area contributed by atoms with E-state index in [4.69, 9.17) is 15.5 Å². The Hall–Kier alpha value is -4.21. The van der Waals surface area contributed by atoms with Gasteiger partial charge in [-0.25, -0.2) is 14.4 Å². The number of nitrogen functional groups attached to an aromatic ring is 1. The lowest BCUT2D eigenvalue weighted by molar-refractivity contribution is 0.0932. The largest absolute Gasteiger partial charge is 0.473 e. The van der Waals surface area contributed by atoms with Gasteiger partial charge in [-0.3, -0.25) is 4.79 Å². The minimum absolute atomic E-state index is 0.209. The Balaban J connectivity index is 1.74. The second-order valence-electron chi connectivity index (χ2n) is 8.43. The number of carbonyl (C=O) groups is 1. The topological polar surface area (TPSA) is 119 Å². The Labute approximate surface area is 195 Å². The number of amides is 1. The minimum atomic E-state index is -0.485. The zero-order valence-corrected chi connectivity index (χ0v) is 19.0. The van der Waals surface area contributed by atoms with Crippen molar-refractivity contribution in [2.24, 2.45) is 0 Å². The Bertz CT molecular complexity index is 1400. The monoisotopic (exact) mass is 461 g/mol. The van der Waals surface area contributed by atoms with Crippen LogP contribution in [-0.4, -0.2) is 38.1 Å². The number of anilines is 2. The molecule has 2 unspecified atom stereocenters. The highest BCUT2D eigenvalue weighted by Gasteiger charge is 2.25. The normalized spacial score (nSPS) is 18.2. The average molecular weight is 462 g/mol. The van der Waals surface area contributed by atoms with Gasteiger partial charge in [0.25, 0.3) is 5.91 Å². The zero-order chi connectivity index (χ0) is 24.0. The number of nitrogens with zero attached hydrogens (tertiary/aromatic N) is 4. The maximum absolute atomic E-state index is 14.2. The summed E-state index contributed by atoms with van der Waals surface area (Å²) in [6.07, 6.45) is 2.13. The molecule has 9 nitrogen and oxygen atoms in total. The molecular formula is C24H24FN7O2. The first kappa shape index (κ1) is 21.6. The number of carbonyl (C=O) groups excluding carboxylic acids is 1. The Morgan fingerprint density at radius 1 is 1.21 bits per heavy atom. The van der Waals surface area contributed by atoms with Gasteiger partial charge in [0.05, 0.1) is 30.5 Å². The molecule has 1 aliphatic heterocycles. The van der Waals surface area contributed by atoms with Crippen molar-refractivity contribution in [1.82, 2.24) is 24.9 Å². The first-order valence-electron chi connectivity index (χ1n) is 10.9. The number of aromatic nitrogens is 4. The SMILES string of the molecule is Cc1ccc(-c2c3nc4c(cnn4c2N)C(=O)NCC(C)Oc2ncc(F)cc2C(C)N3)cc1. The van der Waals surface area contributed by atoms with Crippen molar-refractivity contribution >= 4 is 23.2 Å². The molecule has 1 aromatic carbocycles. The number of benzene rings is 1. The molecule has 10 heteroatoms. The number of fused-ring (bicyclic) bond motifs is 2. The minimum Gasteiger partial charge on any atom is -0.473 e. The van der Waals surface area contributed by atoms with Crippen LogP contribution in [0, 0.1) is 12.7 Å². The van der Waals surface area contributed by atoms with Crippen LogP contribution in [0.25, 0.3) is 16.8 Å². The smallest absolute Gasteiger partial charge is 0.256 e. The summed E-state index contributed by atoms with van der Waals surface area (Å²) in [5, 5.41) is 10.5. The number of hydrogen-bond acceptors (Lipinski definition) is 7. The van der Waals surface area contributed by atoms with Crippen molar-refractivity contribution < 1.29 is 13.9 Å². The lowest BCUT2D eigenvalue weighted by atomic mass is 10.0. The molecule has 34 heavy (non-hydrogen) atoms. The maximum atomic E-state index is 14.2. The third kappa shape index (κ3) is 3.76. The quantitative estimate of drug-likeness (QED) is 0.397. The van der Waals surface area contributed by atoms with E-state index in [2.05, 4.69) is 20.7 Å². The fraction of sp³-hybridized carbons (Fsp3) is 0.250. The van der Waals surface area contributed by atoms with Crippen molar-refractivity contribution in [3.05, 3.63) is 65.2 Å². The van der Waals surface area contributed by atoms with Crippen LogP contribution in [0.3, 0.4) is 0 Å². The van der Waals surface area contributed by atoms with Crippen molar-refractivity contribution in [3.8, 4) is 17.0 Å². The molecule has 4 N–H and O–H groups in total. The van der Waals surface area contributed by atoms with Gasteiger partial charge in [-0.05, 0) is 32.4 Å². The predicted molar refractivity (Wildman–Crippen MR) is 126 cm³/mol. The van der Waals surface area contributed by atoms with Crippen LogP contribution in [0.5, 0.6) is 5.88 Å². The molecule has 0 saturated carbocycles. The Morgan fingerprint density at radius 3 is 2.74 bits per heavy atom. The number of aryl methyl sites for hydroxylation is 1. The van der Waals surface area contributed by atoms with Gasteiger partial charge in [0.1, 0.15) is 29.1 Å². The molecule has 0 saturated heterocycles. The van der Waals surface area contributed by atoms with Crippen LogP contribution < -0.4 is 21.1 Å². The van der Waals surface area contributed by atoms with Crippen LogP contribution in [-0.2, 0) is 0 Å². The number of pyridine rings is 1. The first-order chi connectivity index (χ1) is 16.3. The number of nitrogens with one attached hydrogen (secondary N) is 2. The van der Waals surface area contributed by atoms with Crippen molar-refractivity contribution in [2.75, 3.05) is 17.6 Å². The molecule has 174 valence electrons. The molecule has 2 atom stereocenters. The molecule has 0 radical (unpaired) electrons. The van der Waals surface area contributed by atoms with Gasteiger partial charge < -0.3 is 21.1 Å². The van der Waals surface area contributed by atoms with E-state index >= 15 is 0 Å². The third-order valence-corrected chi connectivity index (χ3v) is 5.80. The fourth-order valence-electron chi connectivity index (χ4n) is 3.98. The van der Waals surface area contributed by atoms with Crippen LogP contribution in [0.2, 0.25) is 0 Å². The molecule has 0 spiro atoms. The molecule has 4 aromatic rings. The predicted octanol–water partition coefficient (Wildman–Crippen LogP) is 3.50. The van der Waals surface area contributed by atoms with Crippen LogP contribution in [0.4, 0.5) is 16.0 Å². The van der Waals surface area contributed by atoms with E-state index in [0.717, 1.165) is 17.3 Å². The summed E-state index contributed by atoms with van der Waals surface area (Å²) in [5.74, 6) is 0.182. The van der Waals surface area contributed by atoms with E-state index in [1.165, 1.54) is 16.8 Å². The summed E-state index contributed by atoms with van der Waals surface area (Å²) >= 11 is 0. The molecule has 2 bridgehead atoms. The van der Waals surface area contributed by atoms with E-state index in [-0.39, 0.29) is 23.9 Å². The maximum Gasteiger partial charge on any atom is 0.256 e. The summed E-state index contributed by atoms with van der Waals surface area (Å²) in [5.41, 5.74) is 10.2. The first-order valence-corrected chi connectivity index (χ1v) is 10.9. The van der Waals surface area contributed by atoms with Gasteiger partial charge in [-0.1, -0.05) is 29.8 Å². The molecule has 0 aliphatic carbocycles. The molecule has 5 rings (SSSR count). The third-order valence-electron chi connectivity index (χ3n) is 5.80. The highest BCUT2D eigenvalue weighted by atomic mass is 19.1. The summed E-state index contributed by atoms with van der Waals surface area (Å²) in [7, 11) is 0. The number of halogens is 1. The van der Waals surface area contributed by atoms with Crippen molar-refractivity contribution in [2.45, 2.75) is 32.9 Å². The number of hydrogen-bond donors (Lipinski definition) is 3. The van der Waals surface area contributed by atoms with Gasteiger partial charge in [-0.2, -0.15) is 9.61 Å². The second kappa shape index (κ2) is 8.29. The molecule has 4 heterocycles. The average Bonchev–Trinajstić information content (AvgIpc) is 3.23. The molecular weight excluding hydrogens is 437 g/mol. The highest BCUT2D eigenvalue weighted by Crippen LogP contribution is 2.37. The number of ether oxygens (including phenoxy) is 1. The lowest BCUT2D eigenvalue weighted by Crippen LogP contribution is -2.34. The summed E-state index contributed by atoms with van der Waals surface area (Å²) in [4.78, 5) is 21.8. The standard InChI is InChI=1S/C24H24FN7O2/c1-12-4-6-15(7-5-12)19-20(26)32-22-18(11-29-32)23(33)27-9-13(2)34-24-17(8-16(25)10-28-24)14(3)30-21(19)31-22/h4-8,10-11,13-14H,9,26H2,1-3H3,(H,27,33)(H,30,31). The zero-order valence-electron chi connectivity index (χ0n) is 19.0. The van der Waals surface area contributed by atoms with E-state index in [1.807, 2.05) is 38.1 Å². The summed E-state index contributed by atoms with van der Waals surface area (Å²) < 4.78 is 21.6. The van der Waals surface area contributed by atoms with Crippen molar-refractivity contribution in [1.29, 1.82) is 0 Å². The Kier molecular flexibility index (Phi) is 5.27. The molecule has 3 aromatic heterocycles. The summed E-state index contributed by atoms with van der Waals surface area (Å²) in [6.45, 7) is 5.86. The van der Waals surface area contributed by atoms with E-state index in [0.29, 0.717) is 28.4 Å². The Morgan fingerprint density at radius 2 is 1.97 bits per heavy atom. The van der Waals surface area contributed by atoms with Crippen LogP contribution in [0.15, 0.2) is 42.7 Å². The van der Waals surface area contributed by atoms with Gasteiger partial charge in [0.2, 0.25) is 5.88 Å². The molecule has 1 aliphatic rings. The van der Waals surface area contributed by atoms with E-state index in [1.54, 1.807) is 6.92 Å². The van der Waals surface area contributed by atoms with E-state index in [9.17, 15) is 9.18 Å². The van der Waals surface area contributed by atoms with Gasteiger partial charge >= 0.3 is 0 Å². The fourth-order valence-corrected chi connectivity index (χ4v) is 3.98. The van der Waals surface area contributed by atoms with Gasteiger partial charge in [0.15, 0.2) is 5.65 Å². The lowest BCUT2D eigenvalue weighted by Gasteiger charge is -2.22. The van der Waals surface area contributed by atoms with Gasteiger partial charge in [0, 0.05) is 5.56 Å².